The van der Waals surface area contributed by atoms with E-state index >= 15 is 0 Å². The van der Waals surface area contributed by atoms with Gasteiger partial charge in [-0.25, -0.2) is 9.37 Å². The van der Waals surface area contributed by atoms with Crippen molar-refractivity contribution in [2.24, 2.45) is 0 Å². The lowest BCUT2D eigenvalue weighted by Crippen LogP contribution is -2.26. The SMILES string of the molecule is CC(=O)N[C@@H](C)c1nc2ccccc2n1Cc1c(F)cccc1Cl. The maximum absolute atomic E-state index is 14.2. The van der Waals surface area contributed by atoms with Crippen LogP contribution in [0.25, 0.3) is 11.0 Å². The fourth-order valence-electron chi connectivity index (χ4n) is 2.80. The highest BCUT2D eigenvalue weighted by Gasteiger charge is 2.19. The van der Waals surface area contributed by atoms with Crippen LogP contribution in [-0.4, -0.2) is 15.5 Å². The average molecular weight is 346 g/mol. The summed E-state index contributed by atoms with van der Waals surface area (Å²) in [7, 11) is 0. The molecule has 2 aromatic carbocycles. The highest BCUT2D eigenvalue weighted by atomic mass is 35.5. The van der Waals surface area contributed by atoms with Crippen molar-refractivity contribution in [3.63, 3.8) is 0 Å². The Balaban J connectivity index is 2.12. The minimum atomic E-state index is -0.363. The molecule has 24 heavy (non-hydrogen) atoms. The van der Waals surface area contributed by atoms with Crippen molar-refractivity contribution in [3.8, 4) is 0 Å². The molecule has 6 heteroatoms. The number of para-hydroxylation sites is 2. The van der Waals surface area contributed by atoms with Crippen LogP contribution in [0.2, 0.25) is 5.02 Å². The summed E-state index contributed by atoms with van der Waals surface area (Å²) in [6.45, 7) is 3.55. The van der Waals surface area contributed by atoms with Gasteiger partial charge in [0.2, 0.25) is 5.91 Å². The van der Waals surface area contributed by atoms with Gasteiger partial charge in [-0.2, -0.15) is 0 Å². The van der Waals surface area contributed by atoms with E-state index in [1.54, 1.807) is 12.1 Å². The fourth-order valence-corrected chi connectivity index (χ4v) is 3.02. The summed E-state index contributed by atoms with van der Waals surface area (Å²) in [6, 6.07) is 11.9. The molecular formula is C18H17ClFN3O. The van der Waals surface area contributed by atoms with Gasteiger partial charge in [0.05, 0.1) is 23.6 Å². The summed E-state index contributed by atoms with van der Waals surface area (Å²) in [5.41, 5.74) is 2.06. The maximum atomic E-state index is 14.2. The first-order chi connectivity index (χ1) is 11.5. The standard InChI is InChI=1S/C18H17ClFN3O/c1-11(21-12(2)24)18-22-16-8-3-4-9-17(16)23(18)10-13-14(19)6-5-7-15(13)20/h3-9,11H,10H2,1-2H3,(H,21,24)/t11-/m0/s1. The van der Waals surface area contributed by atoms with Crippen molar-refractivity contribution in [1.29, 1.82) is 0 Å². The van der Waals surface area contributed by atoms with Crippen LogP contribution in [0.15, 0.2) is 42.5 Å². The number of rotatable bonds is 4. The molecule has 1 aromatic heterocycles. The number of fused-ring (bicyclic) bond motifs is 1. The van der Waals surface area contributed by atoms with Gasteiger partial charge >= 0.3 is 0 Å². The molecule has 1 N–H and O–H groups in total. The van der Waals surface area contributed by atoms with Crippen molar-refractivity contribution in [2.45, 2.75) is 26.4 Å². The van der Waals surface area contributed by atoms with Crippen molar-refractivity contribution in [1.82, 2.24) is 14.9 Å². The number of halogens is 2. The number of benzene rings is 2. The van der Waals surface area contributed by atoms with E-state index in [1.165, 1.54) is 13.0 Å². The van der Waals surface area contributed by atoms with Gasteiger partial charge in [-0.15, -0.1) is 0 Å². The molecule has 0 saturated carbocycles. The summed E-state index contributed by atoms with van der Waals surface area (Å²) >= 11 is 6.17. The third-order valence-electron chi connectivity index (χ3n) is 3.87. The lowest BCUT2D eigenvalue weighted by atomic mass is 10.2. The third-order valence-corrected chi connectivity index (χ3v) is 4.22. The van der Waals surface area contributed by atoms with E-state index in [4.69, 9.17) is 11.6 Å². The topological polar surface area (TPSA) is 46.9 Å². The molecule has 0 saturated heterocycles. The molecule has 3 rings (SSSR count). The first-order valence-electron chi connectivity index (χ1n) is 7.62. The zero-order valence-electron chi connectivity index (χ0n) is 13.4. The first kappa shape index (κ1) is 16.5. The van der Waals surface area contributed by atoms with Gasteiger partial charge in [0, 0.05) is 17.5 Å². The Hall–Kier alpha value is -2.40. The van der Waals surface area contributed by atoms with Gasteiger partial charge in [-0.3, -0.25) is 4.79 Å². The number of carbonyl (C=O) groups excluding carboxylic acids is 1. The number of nitrogens with zero attached hydrogens (tertiary/aromatic N) is 2. The van der Waals surface area contributed by atoms with Gasteiger partial charge < -0.3 is 9.88 Å². The van der Waals surface area contributed by atoms with Crippen molar-refractivity contribution in [3.05, 3.63) is 64.7 Å². The molecule has 124 valence electrons. The minimum Gasteiger partial charge on any atom is -0.347 e. The van der Waals surface area contributed by atoms with Gasteiger partial charge in [0.15, 0.2) is 0 Å². The largest absolute Gasteiger partial charge is 0.347 e. The van der Waals surface area contributed by atoms with Gasteiger partial charge in [-0.1, -0.05) is 29.8 Å². The normalized spacial score (nSPS) is 12.3. The number of nitrogens with one attached hydrogen (secondary N) is 1. The van der Waals surface area contributed by atoms with E-state index in [0.29, 0.717) is 16.4 Å². The molecule has 0 fully saturated rings. The van der Waals surface area contributed by atoms with E-state index < -0.39 is 0 Å². The Kier molecular flexibility index (Phi) is 4.53. The number of amides is 1. The predicted molar refractivity (Wildman–Crippen MR) is 92.5 cm³/mol. The van der Waals surface area contributed by atoms with Crippen molar-refractivity contribution < 1.29 is 9.18 Å². The van der Waals surface area contributed by atoms with Crippen LogP contribution in [0.1, 0.15) is 31.3 Å². The van der Waals surface area contributed by atoms with Crippen LogP contribution in [0.5, 0.6) is 0 Å². The van der Waals surface area contributed by atoms with E-state index in [-0.39, 0.29) is 24.3 Å². The Labute approximate surface area is 144 Å². The van der Waals surface area contributed by atoms with Crippen LogP contribution in [-0.2, 0) is 11.3 Å². The summed E-state index contributed by atoms with van der Waals surface area (Å²) < 4.78 is 16.1. The molecule has 3 aromatic rings. The number of aromatic nitrogens is 2. The van der Waals surface area contributed by atoms with Crippen molar-refractivity contribution >= 4 is 28.5 Å². The van der Waals surface area contributed by atoms with Crippen LogP contribution in [0.4, 0.5) is 4.39 Å². The first-order valence-corrected chi connectivity index (χ1v) is 8.00. The highest BCUT2D eigenvalue weighted by Crippen LogP contribution is 2.26. The summed E-state index contributed by atoms with van der Waals surface area (Å²) in [6.07, 6.45) is 0. The molecule has 0 bridgehead atoms. The second-order valence-corrected chi connectivity index (χ2v) is 6.07. The molecule has 1 amide bonds. The Morgan fingerprint density at radius 1 is 1.29 bits per heavy atom. The van der Waals surface area contributed by atoms with E-state index in [1.807, 2.05) is 35.8 Å². The Morgan fingerprint density at radius 2 is 2.04 bits per heavy atom. The molecule has 0 aliphatic heterocycles. The number of hydrogen-bond acceptors (Lipinski definition) is 2. The Bertz CT molecular complexity index is 886. The molecule has 0 unspecified atom stereocenters. The summed E-state index contributed by atoms with van der Waals surface area (Å²) in [5, 5.41) is 3.19. The van der Waals surface area contributed by atoms with Crippen LogP contribution in [0, 0.1) is 5.82 Å². The predicted octanol–water partition coefficient (Wildman–Crippen LogP) is 4.07. The second kappa shape index (κ2) is 6.61. The molecule has 4 nitrogen and oxygen atoms in total. The highest BCUT2D eigenvalue weighted by molar-refractivity contribution is 6.31. The molecular weight excluding hydrogens is 329 g/mol. The van der Waals surface area contributed by atoms with E-state index in [0.717, 1.165) is 11.0 Å². The third kappa shape index (κ3) is 3.12. The second-order valence-electron chi connectivity index (χ2n) is 5.67. The van der Waals surface area contributed by atoms with E-state index in [9.17, 15) is 9.18 Å². The van der Waals surface area contributed by atoms with Crippen LogP contribution >= 0.6 is 11.6 Å². The zero-order valence-corrected chi connectivity index (χ0v) is 14.1. The van der Waals surface area contributed by atoms with Gasteiger partial charge in [-0.05, 0) is 31.2 Å². The average Bonchev–Trinajstić information content (AvgIpc) is 2.89. The number of hydrogen-bond donors (Lipinski definition) is 1. The van der Waals surface area contributed by atoms with E-state index in [2.05, 4.69) is 10.3 Å². The van der Waals surface area contributed by atoms with Gasteiger partial charge in [0.1, 0.15) is 11.6 Å². The smallest absolute Gasteiger partial charge is 0.217 e. The maximum Gasteiger partial charge on any atom is 0.217 e. The fraction of sp³-hybridized carbons (Fsp3) is 0.222. The molecule has 1 atom stereocenters. The minimum absolute atomic E-state index is 0.148. The summed E-state index contributed by atoms with van der Waals surface area (Å²) in [4.78, 5) is 16.0. The molecule has 0 aliphatic rings. The number of imidazole rings is 1. The molecule has 0 radical (unpaired) electrons. The zero-order chi connectivity index (χ0) is 17.3. The lowest BCUT2D eigenvalue weighted by Gasteiger charge is -2.16. The quantitative estimate of drug-likeness (QED) is 0.774. The van der Waals surface area contributed by atoms with Crippen LogP contribution < -0.4 is 5.32 Å². The summed E-state index contributed by atoms with van der Waals surface area (Å²) in [5.74, 6) is 0.147. The van der Waals surface area contributed by atoms with Crippen molar-refractivity contribution in [2.75, 3.05) is 0 Å². The molecule has 0 spiro atoms. The number of carbonyl (C=O) groups is 1. The Morgan fingerprint density at radius 3 is 2.75 bits per heavy atom. The lowest BCUT2D eigenvalue weighted by molar-refractivity contribution is -0.119. The van der Waals surface area contributed by atoms with Gasteiger partial charge in [0.25, 0.3) is 0 Å². The monoisotopic (exact) mass is 345 g/mol. The molecule has 0 aliphatic carbocycles. The van der Waals surface area contributed by atoms with Crippen LogP contribution in [0.3, 0.4) is 0 Å². The molecule has 1 heterocycles.